The van der Waals surface area contributed by atoms with Gasteiger partial charge < -0.3 is 5.73 Å². The van der Waals surface area contributed by atoms with Crippen LogP contribution in [0.25, 0.3) is 10.9 Å². The number of aryl methyl sites for hydroxylation is 1. The molecule has 0 aliphatic rings. The molecular formula is C15H14BrN3S. The second-order valence-corrected chi connectivity index (χ2v) is 6.49. The van der Waals surface area contributed by atoms with Crippen LogP contribution in [-0.4, -0.2) is 9.78 Å². The number of fused-ring (bicyclic) bond motifs is 1. The fourth-order valence-electron chi connectivity index (χ4n) is 2.17. The summed E-state index contributed by atoms with van der Waals surface area (Å²) >= 11 is 5.19. The Morgan fingerprint density at radius 1 is 1.25 bits per heavy atom. The molecule has 0 unspecified atom stereocenters. The minimum Gasteiger partial charge on any atom is -0.398 e. The van der Waals surface area contributed by atoms with Crippen molar-refractivity contribution in [3.8, 4) is 0 Å². The lowest BCUT2D eigenvalue weighted by Crippen LogP contribution is -1.92. The molecule has 0 fully saturated rings. The molecule has 0 bridgehead atoms. The van der Waals surface area contributed by atoms with Crippen LogP contribution in [0, 0.1) is 0 Å². The number of anilines is 1. The highest BCUT2D eigenvalue weighted by molar-refractivity contribution is 9.10. The molecule has 0 spiro atoms. The number of benzene rings is 2. The minimum absolute atomic E-state index is 0.804. The Labute approximate surface area is 130 Å². The quantitative estimate of drug-likeness (QED) is 0.570. The van der Waals surface area contributed by atoms with Crippen LogP contribution in [-0.2, 0) is 12.8 Å². The van der Waals surface area contributed by atoms with Crippen LogP contribution in [0.1, 0.15) is 5.69 Å². The zero-order chi connectivity index (χ0) is 14.1. The lowest BCUT2D eigenvalue weighted by atomic mass is 10.2. The molecule has 1 heterocycles. The number of nitrogens with zero attached hydrogens (tertiary/aromatic N) is 2. The van der Waals surface area contributed by atoms with Crippen LogP contribution in [0.2, 0.25) is 0 Å². The first-order valence-electron chi connectivity index (χ1n) is 6.23. The van der Waals surface area contributed by atoms with Crippen molar-refractivity contribution in [1.82, 2.24) is 9.78 Å². The van der Waals surface area contributed by atoms with E-state index < -0.39 is 0 Å². The van der Waals surface area contributed by atoms with Gasteiger partial charge in [-0.15, -0.1) is 11.8 Å². The maximum absolute atomic E-state index is 6.00. The Morgan fingerprint density at radius 3 is 2.90 bits per heavy atom. The van der Waals surface area contributed by atoms with E-state index in [-0.39, 0.29) is 0 Å². The molecule has 3 aromatic rings. The van der Waals surface area contributed by atoms with Gasteiger partial charge in [0.2, 0.25) is 0 Å². The molecule has 0 saturated carbocycles. The summed E-state index contributed by atoms with van der Waals surface area (Å²) in [6, 6.07) is 14.2. The third kappa shape index (κ3) is 2.55. The van der Waals surface area contributed by atoms with Crippen LogP contribution in [0.4, 0.5) is 5.69 Å². The van der Waals surface area contributed by atoms with E-state index in [4.69, 9.17) is 5.73 Å². The average Bonchev–Trinajstić information content (AvgIpc) is 2.77. The molecule has 0 aliphatic heterocycles. The highest BCUT2D eigenvalue weighted by Crippen LogP contribution is 2.32. The molecule has 20 heavy (non-hydrogen) atoms. The Kier molecular flexibility index (Phi) is 3.72. The monoisotopic (exact) mass is 347 g/mol. The van der Waals surface area contributed by atoms with E-state index in [1.54, 1.807) is 11.8 Å². The van der Waals surface area contributed by atoms with Crippen LogP contribution in [0.15, 0.2) is 51.8 Å². The molecule has 0 atom stereocenters. The van der Waals surface area contributed by atoms with Crippen molar-refractivity contribution in [2.24, 2.45) is 7.05 Å². The van der Waals surface area contributed by atoms with Crippen LogP contribution in [0.5, 0.6) is 0 Å². The minimum atomic E-state index is 0.804. The number of para-hydroxylation sites is 1. The van der Waals surface area contributed by atoms with Crippen LogP contribution in [0.3, 0.4) is 0 Å². The number of nitrogens with two attached hydrogens (primary N) is 1. The Bertz CT molecular complexity index is 767. The fraction of sp³-hybridized carbons (Fsp3) is 0.133. The molecule has 2 N–H and O–H groups in total. The van der Waals surface area contributed by atoms with Gasteiger partial charge in [-0.05, 0) is 24.3 Å². The lowest BCUT2D eigenvalue weighted by Gasteiger charge is -2.05. The summed E-state index contributed by atoms with van der Waals surface area (Å²) < 4.78 is 2.97. The van der Waals surface area contributed by atoms with E-state index in [1.807, 2.05) is 42.1 Å². The molecule has 0 aliphatic carbocycles. The SMILES string of the molecule is Cn1nc(CSc2cc(Br)ccc2N)c2ccccc21. The van der Waals surface area contributed by atoms with Crippen molar-refractivity contribution >= 4 is 44.3 Å². The summed E-state index contributed by atoms with van der Waals surface area (Å²) in [5.41, 5.74) is 9.06. The van der Waals surface area contributed by atoms with Crippen molar-refractivity contribution in [2.75, 3.05) is 5.73 Å². The van der Waals surface area contributed by atoms with E-state index in [2.05, 4.69) is 33.2 Å². The zero-order valence-electron chi connectivity index (χ0n) is 11.0. The molecule has 0 amide bonds. The number of halogens is 1. The molecule has 5 heteroatoms. The smallest absolute Gasteiger partial charge is 0.0805 e. The summed E-state index contributed by atoms with van der Waals surface area (Å²) in [5, 5.41) is 5.80. The topological polar surface area (TPSA) is 43.8 Å². The molecule has 0 saturated heterocycles. The highest BCUT2D eigenvalue weighted by Gasteiger charge is 2.09. The van der Waals surface area contributed by atoms with Gasteiger partial charge in [-0.2, -0.15) is 5.10 Å². The summed E-state index contributed by atoms with van der Waals surface area (Å²) in [4.78, 5) is 1.08. The largest absolute Gasteiger partial charge is 0.398 e. The zero-order valence-corrected chi connectivity index (χ0v) is 13.4. The van der Waals surface area contributed by atoms with Crippen molar-refractivity contribution in [3.05, 3.63) is 52.6 Å². The van der Waals surface area contributed by atoms with Crippen LogP contribution >= 0.6 is 27.7 Å². The lowest BCUT2D eigenvalue weighted by molar-refractivity contribution is 0.781. The average molecular weight is 348 g/mol. The number of hydrogen-bond acceptors (Lipinski definition) is 3. The van der Waals surface area contributed by atoms with Crippen molar-refractivity contribution in [3.63, 3.8) is 0 Å². The molecule has 2 aromatic carbocycles. The molecule has 3 nitrogen and oxygen atoms in total. The predicted octanol–water partition coefficient (Wildman–Crippen LogP) is 4.21. The number of rotatable bonds is 3. The first-order chi connectivity index (χ1) is 9.65. The Morgan fingerprint density at radius 2 is 2.05 bits per heavy atom. The van der Waals surface area contributed by atoms with Crippen molar-refractivity contribution in [2.45, 2.75) is 10.6 Å². The van der Waals surface area contributed by atoms with E-state index in [9.17, 15) is 0 Å². The summed E-state index contributed by atoms with van der Waals surface area (Å²) in [5.74, 6) is 0.808. The van der Waals surface area contributed by atoms with Gasteiger partial charge in [0.1, 0.15) is 0 Å². The molecule has 0 radical (unpaired) electrons. The predicted molar refractivity (Wildman–Crippen MR) is 88.8 cm³/mol. The third-order valence-electron chi connectivity index (χ3n) is 3.17. The Balaban J connectivity index is 1.89. The molecule has 1 aromatic heterocycles. The Hall–Kier alpha value is -1.46. The maximum Gasteiger partial charge on any atom is 0.0805 e. The molecular weight excluding hydrogens is 334 g/mol. The third-order valence-corrected chi connectivity index (χ3v) is 4.75. The van der Waals surface area contributed by atoms with Gasteiger partial charge >= 0.3 is 0 Å². The van der Waals surface area contributed by atoms with Gasteiger partial charge in [0.25, 0.3) is 0 Å². The van der Waals surface area contributed by atoms with Crippen molar-refractivity contribution in [1.29, 1.82) is 0 Å². The van der Waals surface area contributed by atoms with E-state index in [0.717, 1.165) is 32.0 Å². The second-order valence-electron chi connectivity index (χ2n) is 4.56. The van der Waals surface area contributed by atoms with Gasteiger partial charge in [0.05, 0.1) is 11.2 Å². The van der Waals surface area contributed by atoms with E-state index in [0.29, 0.717) is 0 Å². The fourth-order valence-corrected chi connectivity index (χ4v) is 3.64. The summed E-state index contributed by atoms with van der Waals surface area (Å²) in [6.45, 7) is 0. The standard InChI is InChI=1S/C15H14BrN3S/c1-19-14-5-3-2-4-11(14)13(18-19)9-20-15-8-10(16)6-7-12(15)17/h2-8H,9,17H2,1H3. The van der Waals surface area contributed by atoms with Gasteiger partial charge in [0, 0.05) is 33.2 Å². The summed E-state index contributed by atoms with van der Waals surface area (Å²) in [6.07, 6.45) is 0. The van der Waals surface area contributed by atoms with Gasteiger partial charge in [-0.3, -0.25) is 4.68 Å². The number of hydrogen-bond donors (Lipinski definition) is 1. The normalized spacial score (nSPS) is 11.1. The first kappa shape index (κ1) is 13.5. The highest BCUT2D eigenvalue weighted by atomic mass is 79.9. The summed E-state index contributed by atoms with van der Waals surface area (Å²) in [7, 11) is 1.98. The molecule has 102 valence electrons. The second kappa shape index (κ2) is 5.50. The van der Waals surface area contributed by atoms with E-state index in [1.165, 1.54) is 5.39 Å². The molecule has 3 rings (SSSR count). The number of aromatic nitrogens is 2. The van der Waals surface area contributed by atoms with Crippen molar-refractivity contribution < 1.29 is 0 Å². The number of thioether (sulfide) groups is 1. The van der Waals surface area contributed by atoms with Gasteiger partial charge in [0.15, 0.2) is 0 Å². The van der Waals surface area contributed by atoms with Gasteiger partial charge in [-0.1, -0.05) is 34.1 Å². The number of nitrogen functional groups attached to an aromatic ring is 1. The maximum atomic E-state index is 6.00. The van der Waals surface area contributed by atoms with Gasteiger partial charge in [-0.25, -0.2) is 0 Å². The van der Waals surface area contributed by atoms with Crippen LogP contribution < -0.4 is 5.73 Å². The first-order valence-corrected chi connectivity index (χ1v) is 8.01. The van der Waals surface area contributed by atoms with E-state index >= 15 is 0 Å².